The molecule has 0 unspecified atom stereocenters. The molecule has 3 aromatic carbocycles. The largest absolute Gasteiger partial charge is 0.483 e. The van der Waals surface area contributed by atoms with Gasteiger partial charge in [-0.1, -0.05) is 36.4 Å². The summed E-state index contributed by atoms with van der Waals surface area (Å²) in [7, 11) is -3.67. The Kier molecular flexibility index (Phi) is 5.37. The molecule has 2 heterocycles. The molecule has 0 saturated heterocycles. The number of hydrogen-bond donors (Lipinski definition) is 0. The molecule has 6 nitrogen and oxygen atoms in total. The Balaban J connectivity index is 1.31. The zero-order chi connectivity index (χ0) is 23.2. The molecule has 1 atom stereocenters. The van der Waals surface area contributed by atoms with Crippen molar-refractivity contribution in [3.05, 3.63) is 83.4 Å². The van der Waals surface area contributed by atoms with Gasteiger partial charge in [-0.15, -0.1) is 0 Å². The maximum absolute atomic E-state index is 13.3. The number of nitrogens with zero attached hydrogens (tertiary/aromatic N) is 2. The molecule has 2 aliphatic heterocycles. The van der Waals surface area contributed by atoms with Crippen LogP contribution in [0.5, 0.6) is 5.75 Å². The van der Waals surface area contributed by atoms with Crippen molar-refractivity contribution in [3.63, 3.8) is 0 Å². The van der Waals surface area contributed by atoms with Gasteiger partial charge in [0.05, 0.1) is 10.6 Å². The summed E-state index contributed by atoms with van der Waals surface area (Å²) in [6.45, 7) is 4.15. The van der Waals surface area contributed by atoms with E-state index in [4.69, 9.17) is 4.74 Å². The summed E-state index contributed by atoms with van der Waals surface area (Å²) in [4.78, 5) is 14.9. The van der Waals surface area contributed by atoms with Gasteiger partial charge in [0.2, 0.25) is 0 Å². The van der Waals surface area contributed by atoms with Gasteiger partial charge in [0.1, 0.15) is 5.75 Å². The van der Waals surface area contributed by atoms with Gasteiger partial charge >= 0.3 is 0 Å². The highest BCUT2D eigenvalue weighted by atomic mass is 32.2. The molecule has 0 spiro atoms. The zero-order valence-corrected chi connectivity index (χ0v) is 19.5. The maximum Gasteiger partial charge on any atom is 0.265 e. The number of benzene rings is 3. The van der Waals surface area contributed by atoms with Crippen LogP contribution in [0.25, 0.3) is 0 Å². The molecule has 2 aliphatic rings. The van der Waals surface area contributed by atoms with Gasteiger partial charge in [0.25, 0.3) is 15.9 Å². The van der Waals surface area contributed by atoms with Crippen LogP contribution in [-0.2, 0) is 27.7 Å². The Morgan fingerprint density at radius 1 is 1.00 bits per heavy atom. The summed E-state index contributed by atoms with van der Waals surface area (Å²) in [6, 6.07) is 20.4. The molecule has 170 valence electrons. The van der Waals surface area contributed by atoms with E-state index >= 15 is 0 Å². The summed E-state index contributed by atoms with van der Waals surface area (Å²) >= 11 is 0. The minimum atomic E-state index is -3.67. The lowest BCUT2D eigenvalue weighted by Gasteiger charge is -2.23. The number of carbonyl (C=O) groups excluding carboxylic acids is 1. The second-order valence-corrected chi connectivity index (χ2v) is 10.5. The third-order valence-corrected chi connectivity index (χ3v) is 8.22. The van der Waals surface area contributed by atoms with Crippen LogP contribution >= 0.6 is 0 Å². The van der Waals surface area contributed by atoms with Crippen LogP contribution in [0.3, 0.4) is 0 Å². The van der Waals surface area contributed by atoms with Crippen molar-refractivity contribution in [2.75, 3.05) is 22.4 Å². The number of anilines is 2. The Bertz CT molecular complexity index is 1340. The second kappa shape index (κ2) is 8.23. The molecule has 5 rings (SSSR count). The molecule has 0 saturated carbocycles. The Morgan fingerprint density at radius 3 is 2.45 bits per heavy atom. The molecular weight excluding hydrogens is 436 g/mol. The first-order valence-electron chi connectivity index (χ1n) is 11.1. The number of ether oxygens (including phenoxy) is 1. The van der Waals surface area contributed by atoms with Crippen molar-refractivity contribution in [2.24, 2.45) is 0 Å². The number of rotatable bonds is 5. The third-order valence-electron chi connectivity index (χ3n) is 6.41. The second-order valence-electron chi connectivity index (χ2n) is 8.62. The molecule has 0 N–H and O–H groups in total. The number of carbonyl (C=O) groups is 1. The molecule has 0 radical (unpaired) electrons. The zero-order valence-electron chi connectivity index (χ0n) is 18.7. The third kappa shape index (κ3) is 3.76. The lowest BCUT2D eigenvalue weighted by Crippen LogP contribution is -2.39. The highest BCUT2D eigenvalue weighted by Crippen LogP contribution is 2.34. The van der Waals surface area contributed by atoms with E-state index in [0.29, 0.717) is 24.3 Å². The lowest BCUT2D eigenvalue weighted by molar-refractivity contribution is -0.120. The predicted octanol–water partition coefficient (Wildman–Crippen LogP) is 4.10. The number of fused-ring (bicyclic) bond motifs is 2. The Labute approximate surface area is 194 Å². The summed E-state index contributed by atoms with van der Waals surface area (Å²) in [5, 5.41) is 0. The van der Waals surface area contributed by atoms with E-state index in [1.807, 2.05) is 55.5 Å². The first-order valence-corrected chi connectivity index (χ1v) is 12.5. The lowest BCUT2D eigenvalue weighted by atomic mass is 10.1. The molecular formula is C26H26N2O4S. The number of amides is 1. The fraction of sp³-hybridized carbons (Fsp3) is 0.269. The topological polar surface area (TPSA) is 66.9 Å². The minimum absolute atomic E-state index is 0.0791. The molecule has 7 heteroatoms. The van der Waals surface area contributed by atoms with Crippen molar-refractivity contribution in [2.45, 2.75) is 37.6 Å². The standard InChI is InChI=1S/C26H26N2O4S/c1-18-15-22(33(30,31)27-14-13-20-7-3-5-9-23(20)27)11-12-25(18)32-17-26(29)28-19(2)16-21-8-4-6-10-24(21)28/h3-12,15,19H,13-14,16-17H2,1-2H3/t19-/m0/s1. The number of aryl methyl sites for hydroxylation is 1. The van der Waals surface area contributed by atoms with Gasteiger partial charge in [-0.2, -0.15) is 0 Å². The van der Waals surface area contributed by atoms with Crippen molar-refractivity contribution in [1.29, 1.82) is 0 Å². The summed E-state index contributed by atoms with van der Waals surface area (Å²) in [5.74, 6) is 0.390. The van der Waals surface area contributed by atoms with E-state index in [0.717, 1.165) is 28.9 Å². The van der Waals surface area contributed by atoms with Gasteiger partial charge in [0, 0.05) is 18.3 Å². The Morgan fingerprint density at radius 2 is 1.70 bits per heavy atom. The van der Waals surface area contributed by atoms with Gasteiger partial charge in [-0.05, 0) is 73.7 Å². The number of hydrogen-bond acceptors (Lipinski definition) is 4. The quantitative estimate of drug-likeness (QED) is 0.573. The highest BCUT2D eigenvalue weighted by molar-refractivity contribution is 7.92. The van der Waals surface area contributed by atoms with Crippen LogP contribution in [0, 0.1) is 6.92 Å². The molecule has 0 fully saturated rings. The summed E-state index contributed by atoms with van der Waals surface area (Å²) in [5.41, 5.74) is 4.54. The van der Waals surface area contributed by atoms with Crippen molar-refractivity contribution >= 4 is 27.3 Å². The fourth-order valence-corrected chi connectivity index (χ4v) is 6.37. The smallest absolute Gasteiger partial charge is 0.265 e. The van der Waals surface area contributed by atoms with E-state index in [-0.39, 0.29) is 23.5 Å². The Hall–Kier alpha value is -3.32. The monoisotopic (exact) mass is 462 g/mol. The van der Waals surface area contributed by atoms with Crippen molar-refractivity contribution < 1.29 is 17.9 Å². The highest BCUT2D eigenvalue weighted by Gasteiger charge is 2.32. The normalized spacial score (nSPS) is 17.1. The summed E-state index contributed by atoms with van der Waals surface area (Å²) < 4.78 is 33.8. The van der Waals surface area contributed by atoms with Crippen LogP contribution in [-0.4, -0.2) is 33.5 Å². The summed E-state index contributed by atoms with van der Waals surface area (Å²) in [6.07, 6.45) is 1.53. The van der Waals surface area contributed by atoms with E-state index in [2.05, 4.69) is 0 Å². The van der Waals surface area contributed by atoms with E-state index < -0.39 is 10.0 Å². The van der Waals surface area contributed by atoms with Gasteiger partial charge < -0.3 is 9.64 Å². The van der Waals surface area contributed by atoms with Crippen molar-refractivity contribution in [1.82, 2.24) is 0 Å². The first-order chi connectivity index (χ1) is 15.9. The van der Waals surface area contributed by atoms with Crippen LogP contribution < -0.4 is 13.9 Å². The number of para-hydroxylation sites is 2. The van der Waals surface area contributed by atoms with Crippen molar-refractivity contribution in [3.8, 4) is 5.75 Å². The number of sulfonamides is 1. The van der Waals surface area contributed by atoms with Crippen LogP contribution in [0.1, 0.15) is 23.6 Å². The van der Waals surface area contributed by atoms with Gasteiger partial charge in [0.15, 0.2) is 6.61 Å². The van der Waals surface area contributed by atoms with E-state index in [1.54, 1.807) is 30.0 Å². The molecule has 1 amide bonds. The average molecular weight is 463 g/mol. The van der Waals surface area contributed by atoms with E-state index in [1.165, 1.54) is 4.31 Å². The van der Waals surface area contributed by atoms with Crippen LogP contribution in [0.15, 0.2) is 71.6 Å². The molecule has 0 bridgehead atoms. The SMILES string of the molecule is Cc1cc(S(=O)(=O)N2CCc3ccccc32)ccc1OCC(=O)N1c2ccccc2C[C@@H]1C. The molecule has 0 aliphatic carbocycles. The van der Waals surface area contributed by atoms with Gasteiger partial charge in [-0.25, -0.2) is 8.42 Å². The van der Waals surface area contributed by atoms with E-state index in [9.17, 15) is 13.2 Å². The first kappa shape index (κ1) is 21.5. The van der Waals surface area contributed by atoms with Crippen LogP contribution in [0.2, 0.25) is 0 Å². The maximum atomic E-state index is 13.3. The van der Waals surface area contributed by atoms with Gasteiger partial charge in [-0.3, -0.25) is 9.10 Å². The molecule has 33 heavy (non-hydrogen) atoms. The minimum Gasteiger partial charge on any atom is -0.483 e. The average Bonchev–Trinajstić information content (AvgIpc) is 3.38. The molecule has 0 aromatic heterocycles. The van der Waals surface area contributed by atoms with Crippen LogP contribution in [0.4, 0.5) is 11.4 Å². The molecule has 3 aromatic rings. The predicted molar refractivity (Wildman–Crippen MR) is 128 cm³/mol. The fourth-order valence-electron chi connectivity index (χ4n) is 4.78.